The minimum atomic E-state index is -0.153. The Bertz CT molecular complexity index is 996. The Morgan fingerprint density at radius 1 is 1.09 bits per heavy atom. The highest BCUT2D eigenvalue weighted by Crippen LogP contribution is 2.29. The first-order valence-corrected chi connectivity index (χ1v) is 7.74. The summed E-state index contributed by atoms with van der Waals surface area (Å²) in [6.07, 6.45) is 2.35. The molecular formula is C20H17NO2. The molecule has 0 saturated heterocycles. The molecule has 114 valence electrons. The molecule has 0 unspecified atom stereocenters. The molecule has 1 aromatic heterocycles. The van der Waals surface area contributed by atoms with Gasteiger partial charge >= 0.3 is 0 Å². The quantitative estimate of drug-likeness (QED) is 0.683. The number of nitrogens with zero attached hydrogens (tertiary/aromatic N) is 1. The van der Waals surface area contributed by atoms with Gasteiger partial charge in [0.05, 0.1) is 22.9 Å². The number of hydrogen-bond donors (Lipinski definition) is 0. The number of fused-ring (bicyclic) bond motifs is 2. The summed E-state index contributed by atoms with van der Waals surface area (Å²) in [5.41, 5.74) is 4.76. The Labute approximate surface area is 134 Å². The van der Waals surface area contributed by atoms with Gasteiger partial charge in [0.25, 0.3) is 0 Å². The van der Waals surface area contributed by atoms with Gasteiger partial charge in [-0.2, -0.15) is 0 Å². The fraction of sp³-hybridized carbons (Fsp3) is 0.200. The van der Waals surface area contributed by atoms with E-state index >= 15 is 0 Å². The molecule has 1 aliphatic heterocycles. The largest absolute Gasteiger partial charge is 0.464 e. The van der Waals surface area contributed by atoms with Crippen molar-refractivity contribution in [3.05, 3.63) is 81.7 Å². The molecule has 3 heteroatoms. The molecule has 0 radical (unpaired) electrons. The second-order valence-electron chi connectivity index (χ2n) is 6.60. The molecule has 0 spiro atoms. The van der Waals surface area contributed by atoms with Gasteiger partial charge in [0, 0.05) is 17.2 Å². The van der Waals surface area contributed by atoms with Crippen molar-refractivity contribution < 1.29 is 4.42 Å². The van der Waals surface area contributed by atoms with Gasteiger partial charge in [-0.1, -0.05) is 24.3 Å². The fourth-order valence-corrected chi connectivity index (χ4v) is 3.23. The number of rotatable bonds is 1. The molecule has 4 rings (SSSR count). The number of hydrogen-bond acceptors (Lipinski definition) is 3. The lowest BCUT2D eigenvalue weighted by atomic mass is 9.85. The lowest BCUT2D eigenvalue weighted by molar-refractivity contribution is 0.513. The van der Waals surface area contributed by atoms with Gasteiger partial charge in [0.15, 0.2) is 5.43 Å². The predicted molar refractivity (Wildman–Crippen MR) is 92.3 cm³/mol. The topological polar surface area (TPSA) is 42.6 Å². The highest BCUT2D eigenvalue weighted by molar-refractivity contribution is 6.15. The normalized spacial score (nSPS) is 16.0. The standard InChI is InChI=1S/C20H17NO2/c1-20(2)12-14-5-3-4-6-15(14)19(21-20)13-7-8-18-16(11-13)17(22)9-10-23-18/h3-11H,12H2,1-2H3. The minimum absolute atomic E-state index is 0.0305. The van der Waals surface area contributed by atoms with Crippen LogP contribution in [-0.4, -0.2) is 11.3 Å². The van der Waals surface area contributed by atoms with E-state index in [2.05, 4.69) is 32.0 Å². The minimum Gasteiger partial charge on any atom is -0.464 e. The SMILES string of the molecule is CC1(C)Cc2ccccc2C(c2ccc3occc(=O)c3c2)=N1. The summed E-state index contributed by atoms with van der Waals surface area (Å²) < 4.78 is 5.41. The highest BCUT2D eigenvalue weighted by Gasteiger charge is 2.27. The van der Waals surface area contributed by atoms with Crippen LogP contribution in [0.1, 0.15) is 30.5 Å². The van der Waals surface area contributed by atoms with E-state index in [4.69, 9.17) is 9.41 Å². The van der Waals surface area contributed by atoms with Crippen LogP contribution in [0.3, 0.4) is 0 Å². The first-order valence-electron chi connectivity index (χ1n) is 7.74. The van der Waals surface area contributed by atoms with Crippen LogP contribution in [-0.2, 0) is 6.42 Å². The van der Waals surface area contributed by atoms with Crippen molar-refractivity contribution in [3.63, 3.8) is 0 Å². The maximum Gasteiger partial charge on any atom is 0.192 e. The smallest absolute Gasteiger partial charge is 0.192 e. The first kappa shape index (κ1) is 13.9. The molecule has 0 fully saturated rings. The van der Waals surface area contributed by atoms with E-state index in [0.717, 1.165) is 23.3 Å². The Balaban J connectivity index is 1.97. The molecule has 0 N–H and O–H groups in total. The summed E-state index contributed by atoms with van der Waals surface area (Å²) in [6, 6.07) is 15.5. The van der Waals surface area contributed by atoms with Crippen LogP contribution in [0.4, 0.5) is 0 Å². The Kier molecular flexibility index (Phi) is 2.98. The van der Waals surface area contributed by atoms with Gasteiger partial charge < -0.3 is 4.42 Å². The summed E-state index contributed by atoms with van der Waals surface area (Å²) >= 11 is 0. The van der Waals surface area contributed by atoms with Crippen molar-refractivity contribution in [2.45, 2.75) is 25.8 Å². The van der Waals surface area contributed by atoms with Gasteiger partial charge in [-0.05, 0) is 44.0 Å². The lowest BCUT2D eigenvalue weighted by Crippen LogP contribution is -2.29. The van der Waals surface area contributed by atoms with Crippen LogP contribution >= 0.6 is 0 Å². The Hall–Kier alpha value is -2.68. The second kappa shape index (κ2) is 4.92. The molecule has 0 atom stereocenters. The molecular weight excluding hydrogens is 286 g/mol. The van der Waals surface area contributed by atoms with Crippen molar-refractivity contribution in [1.29, 1.82) is 0 Å². The zero-order valence-corrected chi connectivity index (χ0v) is 13.2. The highest BCUT2D eigenvalue weighted by atomic mass is 16.3. The Morgan fingerprint density at radius 2 is 1.91 bits per heavy atom. The van der Waals surface area contributed by atoms with E-state index in [-0.39, 0.29) is 11.0 Å². The fourth-order valence-electron chi connectivity index (χ4n) is 3.23. The van der Waals surface area contributed by atoms with Crippen molar-refractivity contribution in [1.82, 2.24) is 0 Å². The predicted octanol–water partition coefficient (Wildman–Crippen LogP) is 3.97. The van der Waals surface area contributed by atoms with E-state index in [1.807, 2.05) is 24.3 Å². The summed E-state index contributed by atoms with van der Waals surface area (Å²) in [6.45, 7) is 4.27. The molecule has 0 aliphatic carbocycles. The molecule has 0 amide bonds. The third-order valence-electron chi connectivity index (χ3n) is 4.24. The third kappa shape index (κ3) is 2.38. The first-order chi connectivity index (χ1) is 11.0. The molecule has 2 aromatic carbocycles. The zero-order chi connectivity index (χ0) is 16.0. The summed E-state index contributed by atoms with van der Waals surface area (Å²) in [5.74, 6) is 0. The van der Waals surface area contributed by atoms with Crippen LogP contribution in [0.2, 0.25) is 0 Å². The van der Waals surface area contributed by atoms with Crippen LogP contribution < -0.4 is 5.43 Å². The van der Waals surface area contributed by atoms with Gasteiger partial charge in [0.2, 0.25) is 0 Å². The third-order valence-corrected chi connectivity index (χ3v) is 4.24. The van der Waals surface area contributed by atoms with Crippen molar-refractivity contribution in [2.24, 2.45) is 4.99 Å². The molecule has 1 aliphatic rings. The van der Waals surface area contributed by atoms with E-state index in [1.165, 1.54) is 17.9 Å². The molecule has 2 heterocycles. The lowest BCUT2D eigenvalue weighted by Gasteiger charge is -2.29. The summed E-state index contributed by atoms with van der Waals surface area (Å²) in [7, 11) is 0. The monoisotopic (exact) mass is 303 g/mol. The molecule has 0 saturated carbocycles. The van der Waals surface area contributed by atoms with Crippen LogP contribution in [0.15, 0.2) is 69.0 Å². The molecule has 3 aromatic rings. The molecule has 0 bridgehead atoms. The van der Waals surface area contributed by atoms with Crippen LogP contribution in [0.5, 0.6) is 0 Å². The van der Waals surface area contributed by atoms with Gasteiger partial charge in [-0.15, -0.1) is 0 Å². The number of aliphatic imine (C=N–C) groups is 1. The summed E-state index contributed by atoms with van der Waals surface area (Å²) in [4.78, 5) is 17.0. The van der Waals surface area contributed by atoms with Crippen molar-refractivity contribution in [2.75, 3.05) is 0 Å². The Morgan fingerprint density at radius 3 is 2.78 bits per heavy atom. The van der Waals surface area contributed by atoms with Crippen molar-refractivity contribution in [3.8, 4) is 0 Å². The van der Waals surface area contributed by atoms with Crippen LogP contribution in [0, 0.1) is 0 Å². The van der Waals surface area contributed by atoms with Gasteiger partial charge in [0.1, 0.15) is 5.58 Å². The average Bonchev–Trinajstić information content (AvgIpc) is 2.53. The van der Waals surface area contributed by atoms with Gasteiger partial charge in [-0.3, -0.25) is 9.79 Å². The van der Waals surface area contributed by atoms with E-state index < -0.39 is 0 Å². The molecule has 3 nitrogen and oxygen atoms in total. The van der Waals surface area contributed by atoms with E-state index in [9.17, 15) is 4.79 Å². The van der Waals surface area contributed by atoms with Gasteiger partial charge in [-0.25, -0.2) is 0 Å². The zero-order valence-electron chi connectivity index (χ0n) is 13.2. The van der Waals surface area contributed by atoms with Crippen LogP contribution in [0.25, 0.3) is 11.0 Å². The van der Waals surface area contributed by atoms with E-state index in [1.54, 1.807) is 0 Å². The van der Waals surface area contributed by atoms with E-state index in [0.29, 0.717) is 11.0 Å². The average molecular weight is 303 g/mol. The van der Waals surface area contributed by atoms with Crippen molar-refractivity contribution >= 4 is 16.7 Å². The summed E-state index contributed by atoms with van der Waals surface area (Å²) in [5, 5.41) is 0.591. The molecule has 23 heavy (non-hydrogen) atoms. The second-order valence-corrected chi connectivity index (χ2v) is 6.60. The maximum atomic E-state index is 12.1. The number of benzene rings is 2. The maximum absolute atomic E-state index is 12.1.